The van der Waals surface area contributed by atoms with Crippen molar-refractivity contribution in [2.45, 2.75) is 70.3 Å². The van der Waals surface area contributed by atoms with Crippen molar-refractivity contribution in [2.24, 2.45) is 5.92 Å². The van der Waals surface area contributed by atoms with Gasteiger partial charge in [-0.1, -0.05) is 26.2 Å². The van der Waals surface area contributed by atoms with Crippen molar-refractivity contribution in [2.75, 3.05) is 6.54 Å². The maximum Gasteiger partial charge on any atom is 0.137 e. The van der Waals surface area contributed by atoms with Crippen LogP contribution in [0.3, 0.4) is 0 Å². The summed E-state index contributed by atoms with van der Waals surface area (Å²) in [6.45, 7) is 3.34. The van der Waals surface area contributed by atoms with E-state index in [9.17, 15) is 4.79 Å². The first-order valence-corrected chi connectivity index (χ1v) is 7.06. The molecule has 2 aliphatic rings. The molecule has 2 rings (SSSR count). The maximum atomic E-state index is 12.1. The zero-order chi connectivity index (χ0) is 11.4. The second kappa shape index (κ2) is 5.31. The number of Topliss-reactive ketones (excluding diaryl/α,β-unsaturated/α-hetero) is 1. The molecule has 92 valence electrons. The highest BCUT2D eigenvalue weighted by molar-refractivity contribution is 5.83. The van der Waals surface area contributed by atoms with Crippen LogP contribution in [0.4, 0.5) is 0 Å². The van der Waals surface area contributed by atoms with Crippen LogP contribution in [0.15, 0.2) is 0 Å². The molecule has 1 spiro atoms. The smallest absolute Gasteiger partial charge is 0.137 e. The lowest BCUT2D eigenvalue weighted by atomic mass is 9.66. The van der Waals surface area contributed by atoms with Crippen LogP contribution in [0.2, 0.25) is 0 Å². The number of ketones is 1. The van der Waals surface area contributed by atoms with Crippen molar-refractivity contribution in [3.05, 3.63) is 0 Å². The summed E-state index contributed by atoms with van der Waals surface area (Å²) in [5.41, 5.74) is 0.197. The molecule has 0 unspecified atom stereocenters. The first kappa shape index (κ1) is 12.1. The van der Waals surface area contributed by atoms with Gasteiger partial charge in [0.25, 0.3) is 0 Å². The first-order valence-electron chi connectivity index (χ1n) is 7.06. The summed E-state index contributed by atoms with van der Waals surface area (Å²) in [6, 6.07) is 0. The Morgan fingerprint density at radius 1 is 1.31 bits per heavy atom. The van der Waals surface area contributed by atoms with Gasteiger partial charge in [0.1, 0.15) is 5.78 Å². The summed E-state index contributed by atoms with van der Waals surface area (Å²) >= 11 is 0. The monoisotopic (exact) mass is 223 g/mol. The molecule has 2 heteroatoms. The van der Waals surface area contributed by atoms with E-state index in [0.717, 1.165) is 25.8 Å². The molecule has 0 bridgehead atoms. The molecule has 2 nitrogen and oxygen atoms in total. The number of nitrogens with one attached hydrogen (secondary N) is 1. The van der Waals surface area contributed by atoms with E-state index < -0.39 is 0 Å². The van der Waals surface area contributed by atoms with Crippen LogP contribution < -0.4 is 5.32 Å². The number of unbranched alkanes of at least 4 members (excludes halogenated alkanes) is 1. The third kappa shape index (κ3) is 2.32. The van der Waals surface area contributed by atoms with Crippen molar-refractivity contribution in [3.63, 3.8) is 0 Å². The zero-order valence-electron chi connectivity index (χ0n) is 10.6. The van der Waals surface area contributed by atoms with E-state index in [-0.39, 0.29) is 5.54 Å². The molecule has 1 saturated carbocycles. The summed E-state index contributed by atoms with van der Waals surface area (Å²) < 4.78 is 0. The zero-order valence-corrected chi connectivity index (χ0v) is 10.6. The quantitative estimate of drug-likeness (QED) is 0.796. The van der Waals surface area contributed by atoms with Crippen LogP contribution in [0, 0.1) is 5.92 Å². The third-order valence-corrected chi connectivity index (χ3v) is 4.47. The van der Waals surface area contributed by atoms with Crippen molar-refractivity contribution in [1.82, 2.24) is 5.32 Å². The maximum absolute atomic E-state index is 12.1. The summed E-state index contributed by atoms with van der Waals surface area (Å²) in [5.74, 6) is 0.857. The predicted molar refractivity (Wildman–Crippen MR) is 66.5 cm³/mol. The summed E-state index contributed by atoms with van der Waals surface area (Å²) in [7, 11) is 0. The van der Waals surface area contributed by atoms with Gasteiger partial charge in [0, 0.05) is 17.9 Å². The normalized spacial score (nSPS) is 35.6. The van der Waals surface area contributed by atoms with E-state index in [0.29, 0.717) is 11.7 Å². The standard InChI is InChI=1S/C14H25NO/c1-2-3-7-12-13(16)8-6-10-14(12)9-4-5-11-15-14/h12,15H,2-11H2,1H3/t12-,14+/m0/s1. The largest absolute Gasteiger partial charge is 0.311 e. The lowest BCUT2D eigenvalue weighted by molar-refractivity contribution is -0.129. The van der Waals surface area contributed by atoms with Gasteiger partial charge in [-0.25, -0.2) is 0 Å². The molecule has 0 amide bonds. The Labute approximate surface area is 99.2 Å². The highest BCUT2D eigenvalue weighted by Gasteiger charge is 2.44. The number of carbonyl (C=O) groups excluding carboxylic acids is 1. The van der Waals surface area contributed by atoms with Crippen molar-refractivity contribution >= 4 is 5.78 Å². The van der Waals surface area contributed by atoms with Crippen molar-refractivity contribution in [3.8, 4) is 0 Å². The fraction of sp³-hybridized carbons (Fsp3) is 0.929. The van der Waals surface area contributed by atoms with Crippen LogP contribution in [0.5, 0.6) is 0 Å². The fourth-order valence-corrected chi connectivity index (χ4v) is 3.58. The lowest BCUT2D eigenvalue weighted by Gasteiger charge is -2.47. The highest BCUT2D eigenvalue weighted by Crippen LogP contribution is 2.39. The molecule has 16 heavy (non-hydrogen) atoms. The second-order valence-corrected chi connectivity index (χ2v) is 5.55. The molecule has 0 aromatic carbocycles. The van der Waals surface area contributed by atoms with E-state index in [4.69, 9.17) is 0 Å². The molecular formula is C14H25NO. The molecule has 0 aromatic heterocycles. The van der Waals surface area contributed by atoms with Gasteiger partial charge in [-0.3, -0.25) is 4.79 Å². The third-order valence-electron chi connectivity index (χ3n) is 4.47. The summed E-state index contributed by atoms with van der Waals surface area (Å²) in [6.07, 6.45) is 10.5. The van der Waals surface area contributed by atoms with E-state index in [2.05, 4.69) is 12.2 Å². The van der Waals surface area contributed by atoms with Gasteiger partial charge in [-0.2, -0.15) is 0 Å². The molecule has 0 aromatic rings. The Hall–Kier alpha value is -0.370. The van der Waals surface area contributed by atoms with Crippen molar-refractivity contribution in [1.29, 1.82) is 0 Å². The molecule has 1 saturated heterocycles. The van der Waals surface area contributed by atoms with Crippen molar-refractivity contribution < 1.29 is 4.79 Å². The van der Waals surface area contributed by atoms with Gasteiger partial charge in [0.15, 0.2) is 0 Å². The average molecular weight is 223 g/mol. The Balaban J connectivity index is 2.08. The minimum atomic E-state index is 0.197. The molecular weight excluding hydrogens is 198 g/mol. The average Bonchev–Trinajstić information content (AvgIpc) is 2.30. The molecule has 2 fully saturated rings. The van der Waals surface area contributed by atoms with Crippen LogP contribution >= 0.6 is 0 Å². The van der Waals surface area contributed by atoms with E-state index in [1.54, 1.807) is 0 Å². The molecule has 2 atom stereocenters. The Kier molecular flexibility index (Phi) is 4.01. The minimum absolute atomic E-state index is 0.197. The molecule has 1 aliphatic carbocycles. The van der Waals surface area contributed by atoms with Crippen LogP contribution in [0.25, 0.3) is 0 Å². The van der Waals surface area contributed by atoms with Crippen LogP contribution in [-0.2, 0) is 4.79 Å². The topological polar surface area (TPSA) is 29.1 Å². The lowest BCUT2D eigenvalue weighted by Crippen LogP contribution is -2.58. The van der Waals surface area contributed by atoms with Crippen LogP contribution in [0.1, 0.15) is 64.7 Å². The van der Waals surface area contributed by atoms with Gasteiger partial charge < -0.3 is 5.32 Å². The van der Waals surface area contributed by atoms with Gasteiger partial charge in [-0.15, -0.1) is 0 Å². The van der Waals surface area contributed by atoms with E-state index >= 15 is 0 Å². The first-order chi connectivity index (χ1) is 7.78. The Morgan fingerprint density at radius 2 is 2.12 bits per heavy atom. The predicted octanol–water partition coefficient (Wildman–Crippen LogP) is 3.06. The summed E-state index contributed by atoms with van der Waals surface area (Å²) in [4.78, 5) is 12.1. The Bertz CT molecular complexity index is 238. The minimum Gasteiger partial charge on any atom is -0.311 e. The molecule has 1 aliphatic heterocycles. The van der Waals surface area contributed by atoms with Gasteiger partial charge >= 0.3 is 0 Å². The molecule has 0 radical (unpaired) electrons. The number of hydrogen-bond acceptors (Lipinski definition) is 2. The SMILES string of the molecule is CCCC[C@H]1C(=O)CCC[C@]12CCCCN2. The summed E-state index contributed by atoms with van der Waals surface area (Å²) in [5, 5.41) is 3.70. The second-order valence-electron chi connectivity index (χ2n) is 5.55. The van der Waals surface area contributed by atoms with E-state index in [1.165, 1.54) is 38.5 Å². The van der Waals surface area contributed by atoms with E-state index in [1.807, 2.05) is 0 Å². The van der Waals surface area contributed by atoms with Gasteiger partial charge in [0.05, 0.1) is 0 Å². The molecule has 1 heterocycles. The number of piperidine rings is 1. The molecule has 1 N–H and O–H groups in total. The number of carbonyl (C=O) groups is 1. The van der Waals surface area contributed by atoms with Gasteiger partial charge in [0.2, 0.25) is 0 Å². The number of hydrogen-bond donors (Lipinski definition) is 1. The highest BCUT2D eigenvalue weighted by atomic mass is 16.1. The van der Waals surface area contributed by atoms with Gasteiger partial charge in [-0.05, 0) is 38.6 Å². The fourth-order valence-electron chi connectivity index (χ4n) is 3.58. The number of rotatable bonds is 3. The van der Waals surface area contributed by atoms with Crippen LogP contribution in [-0.4, -0.2) is 17.9 Å². The Morgan fingerprint density at radius 3 is 2.81 bits per heavy atom.